The van der Waals surface area contributed by atoms with Crippen molar-refractivity contribution in [1.29, 1.82) is 0 Å². The Morgan fingerprint density at radius 3 is 1.18 bits per heavy atom. The summed E-state index contributed by atoms with van der Waals surface area (Å²) in [6, 6.07) is 69.6. The third-order valence-corrected chi connectivity index (χ3v) is 10.1. The first-order valence-electron chi connectivity index (χ1n) is 18.4. The van der Waals surface area contributed by atoms with Crippen molar-refractivity contribution in [2.75, 3.05) is 0 Å². The van der Waals surface area contributed by atoms with Crippen LogP contribution in [0.1, 0.15) is 0 Å². The van der Waals surface area contributed by atoms with Crippen molar-refractivity contribution in [3.8, 4) is 78.7 Å². The van der Waals surface area contributed by atoms with E-state index in [1.807, 2.05) is 66.7 Å². The minimum Gasteiger partial charge on any atom is -0.456 e. The summed E-state index contributed by atoms with van der Waals surface area (Å²) in [5.41, 5.74) is 13.7. The van der Waals surface area contributed by atoms with E-state index in [9.17, 15) is 0 Å². The van der Waals surface area contributed by atoms with Gasteiger partial charge in [-0.05, 0) is 93.0 Å². The SMILES string of the molecule is c1ccc(-c2cc(-c3ccccc3)cc(-c3cccc(-c4ccc5oc6cc(-c7nc(-c8ccccc8)nc(-c8ccccc8)n7)ccc6c5c4)c3)c2)cc1. The van der Waals surface area contributed by atoms with Gasteiger partial charge in [-0.3, -0.25) is 0 Å². The van der Waals surface area contributed by atoms with Gasteiger partial charge in [0.1, 0.15) is 11.2 Å². The molecule has 0 spiro atoms. The number of hydrogen-bond acceptors (Lipinski definition) is 4. The van der Waals surface area contributed by atoms with Crippen LogP contribution in [0.15, 0.2) is 205 Å². The summed E-state index contributed by atoms with van der Waals surface area (Å²) in [6.07, 6.45) is 0. The fraction of sp³-hybridized carbons (Fsp3) is 0. The Hall–Kier alpha value is -7.43. The lowest BCUT2D eigenvalue weighted by molar-refractivity contribution is 0.669. The van der Waals surface area contributed by atoms with Crippen molar-refractivity contribution in [3.05, 3.63) is 200 Å². The van der Waals surface area contributed by atoms with Crippen molar-refractivity contribution in [1.82, 2.24) is 15.0 Å². The molecule has 0 N–H and O–H groups in total. The number of benzene rings is 8. The maximum Gasteiger partial charge on any atom is 0.164 e. The third-order valence-electron chi connectivity index (χ3n) is 10.1. The molecule has 4 nitrogen and oxygen atoms in total. The second-order valence-electron chi connectivity index (χ2n) is 13.7. The van der Waals surface area contributed by atoms with E-state index < -0.39 is 0 Å². The van der Waals surface area contributed by atoms with Gasteiger partial charge in [-0.2, -0.15) is 0 Å². The summed E-state index contributed by atoms with van der Waals surface area (Å²) in [7, 11) is 0. The van der Waals surface area contributed by atoms with Crippen molar-refractivity contribution in [2.24, 2.45) is 0 Å². The molecule has 0 aliphatic heterocycles. The average Bonchev–Trinajstić information content (AvgIpc) is 3.64. The predicted molar refractivity (Wildman–Crippen MR) is 225 cm³/mol. The van der Waals surface area contributed by atoms with Gasteiger partial charge in [0.2, 0.25) is 0 Å². The van der Waals surface area contributed by atoms with Crippen LogP contribution in [0, 0.1) is 0 Å². The molecule has 258 valence electrons. The second-order valence-corrected chi connectivity index (χ2v) is 13.7. The Morgan fingerprint density at radius 1 is 0.236 bits per heavy atom. The Kier molecular flexibility index (Phi) is 8.12. The molecule has 2 heterocycles. The Labute approximate surface area is 319 Å². The molecule has 0 unspecified atom stereocenters. The summed E-state index contributed by atoms with van der Waals surface area (Å²) in [4.78, 5) is 14.7. The van der Waals surface area contributed by atoms with Crippen molar-refractivity contribution >= 4 is 21.9 Å². The van der Waals surface area contributed by atoms with Gasteiger partial charge in [0, 0.05) is 27.5 Å². The highest BCUT2D eigenvalue weighted by Crippen LogP contribution is 2.37. The molecule has 0 aliphatic rings. The molecular formula is C51H33N3O. The number of rotatable bonds is 7. The molecule has 0 atom stereocenters. The molecule has 0 aliphatic carbocycles. The van der Waals surface area contributed by atoms with Gasteiger partial charge >= 0.3 is 0 Å². The summed E-state index contributed by atoms with van der Waals surface area (Å²) in [6.45, 7) is 0. The zero-order valence-electron chi connectivity index (χ0n) is 29.8. The first kappa shape index (κ1) is 32.2. The quantitative estimate of drug-likeness (QED) is 0.166. The van der Waals surface area contributed by atoms with Crippen LogP contribution in [-0.4, -0.2) is 15.0 Å². The average molecular weight is 704 g/mol. The third kappa shape index (κ3) is 6.36. The highest BCUT2D eigenvalue weighted by Gasteiger charge is 2.16. The maximum absolute atomic E-state index is 6.47. The topological polar surface area (TPSA) is 51.8 Å². The summed E-state index contributed by atoms with van der Waals surface area (Å²) in [5, 5.41) is 2.10. The smallest absolute Gasteiger partial charge is 0.164 e. The molecule has 55 heavy (non-hydrogen) atoms. The fourth-order valence-electron chi connectivity index (χ4n) is 7.30. The molecule has 2 aromatic heterocycles. The van der Waals surface area contributed by atoms with Gasteiger partial charge < -0.3 is 4.42 Å². The normalized spacial score (nSPS) is 11.3. The minimum absolute atomic E-state index is 0.597. The van der Waals surface area contributed by atoms with Crippen LogP contribution in [0.4, 0.5) is 0 Å². The molecule has 0 fully saturated rings. The van der Waals surface area contributed by atoms with Crippen LogP contribution in [-0.2, 0) is 0 Å². The van der Waals surface area contributed by atoms with Gasteiger partial charge in [0.25, 0.3) is 0 Å². The molecule has 0 saturated heterocycles. The van der Waals surface area contributed by atoms with Crippen LogP contribution in [0.25, 0.3) is 101 Å². The number of fused-ring (bicyclic) bond motifs is 3. The van der Waals surface area contributed by atoms with E-state index in [0.717, 1.165) is 55.3 Å². The zero-order valence-corrected chi connectivity index (χ0v) is 29.8. The predicted octanol–water partition coefficient (Wildman–Crippen LogP) is 13.4. The highest BCUT2D eigenvalue weighted by molar-refractivity contribution is 6.07. The van der Waals surface area contributed by atoms with E-state index in [1.54, 1.807) is 0 Å². The lowest BCUT2D eigenvalue weighted by Gasteiger charge is -2.12. The Balaban J connectivity index is 1.03. The van der Waals surface area contributed by atoms with Crippen molar-refractivity contribution < 1.29 is 4.42 Å². The van der Waals surface area contributed by atoms with Gasteiger partial charge in [0.15, 0.2) is 17.5 Å². The van der Waals surface area contributed by atoms with Crippen LogP contribution >= 0.6 is 0 Å². The summed E-state index contributed by atoms with van der Waals surface area (Å²) >= 11 is 0. The Bertz CT molecular complexity index is 2840. The first-order chi connectivity index (χ1) is 27.2. The van der Waals surface area contributed by atoms with E-state index in [0.29, 0.717) is 17.5 Å². The van der Waals surface area contributed by atoms with Crippen LogP contribution in [0.2, 0.25) is 0 Å². The van der Waals surface area contributed by atoms with Gasteiger partial charge in [0.05, 0.1) is 0 Å². The lowest BCUT2D eigenvalue weighted by atomic mass is 9.92. The van der Waals surface area contributed by atoms with Crippen LogP contribution < -0.4 is 0 Å². The zero-order chi connectivity index (χ0) is 36.6. The summed E-state index contributed by atoms with van der Waals surface area (Å²) in [5.74, 6) is 1.85. The fourth-order valence-corrected chi connectivity index (χ4v) is 7.30. The number of hydrogen-bond donors (Lipinski definition) is 0. The highest BCUT2D eigenvalue weighted by atomic mass is 16.3. The van der Waals surface area contributed by atoms with Crippen molar-refractivity contribution in [3.63, 3.8) is 0 Å². The molecule has 0 amide bonds. The molecule has 8 aromatic carbocycles. The Morgan fingerprint density at radius 2 is 0.636 bits per heavy atom. The summed E-state index contributed by atoms with van der Waals surface area (Å²) < 4.78 is 6.47. The lowest BCUT2D eigenvalue weighted by Crippen LogP contribution is -2.00. The van der Waals surface area contributed by atoms with E-state index in [2.05, 4.69) is 133 Å². The number of nitrogens with zero attached hydrogens (tertiary/aromatic N) is 3. The van der Waals surface area contributed by atoms with E-state index >= 15 is 0 Å². The minimum atomic E-state index is 0.597. The standard InChI is InChI=1S/C51H33N3O/c1-5-14-34(15-6-1)42-29-43(35-16-7-2-8-17-35)31-44(30-42)39-23-13-22-38(28-39)40-25-27-47-46(32-40)45-26-24-41(33-48(45)55-47)51-53-49(36-18-9-3-10-19-36)52-50(54-51)37-20-11-4-12-21-37/h1-33H. The van der Waals surface area contributed by atoms with E-state index in [-0.39, 0.29) is 0 Å². The monoisotopic (exact) mass is 703 g/mol. The van der Waals surface area contributed by atoms with Gasteiger partial charge in [-0.15, -0.1) is 0 Å². The van der Waals surface area contributed by atoms with Crippen molar-refractivity contribution in [2.45, 2.75) is 0 Å². The molecule has 4 heteroatoms. The molecule has 0 bridgehead atoms. The number of aromatic nitrogens is 3. The largest absolute Gasteiger partial charge is 0.456 e. The molecular weight excluding hydrogens is 671 g/mol. The number of furan rings is 1. The molecule has 0 saturated carbocycles. The van der Waals surface area contributed by atoms with Crippen LogP contribution in [0.5, 0.6) is 0 Å². The molecule has 10 aromatic rings. The van der Waals surface area contributed by atoms with Gasteiger partial charge in [-0.1, -0.05) is 152 Å². The van der Waals surface area contributed by atoms with E-state index in [4.69, 9.17) is 19.4 Å². The van der Waals surface area contributed by atoms with E-state index in [1.165, 1.54) is 27.8 Å². The van der Waals surface area contributed by atoms with Crippen LogP contribution in [0.3, 0.4) is 0 Å². The van der Waals surface area contributed by atoms with Gasteiger partial charge in [-0.25, -0.2) is 15.0 Å². The first-order valence-corrected chi connectivity index (χ1v) is 18.4. The second kappa shape index (κ2) is 13.8. The maximum atomic E-state index is 6.47. The molecule has 10 rings (SSSR count). The molecule has 0 radical (unpaired) electrons.